The molecule has 0 bridgehead atoms. The Kier molecular flexibility index (Phi) is 7.14. The van der Waals surface area contributed by atoms with Gasteiger partial charge in [0.1, 0.15) is 11.6 Å². The number of nitrogens with zero attached hydrogens (tertiary/aromatic N) is 2. The van der Waals surface area contributed by atoms with Crippen LogP contribution in [0.4, 0.5) is 10.1 Å². The molecule has 5 rings (SSSR count). The minimum atomic E-state index is -0.575. The molecule has 2 aliphatic rings. The van der Waals surface area contributed by atoms with Crippen LogP contribution in [0.25, 0.3) is 0 Å². The normalized spacial score (nSPS) is 17.5. The summed E-state index contributed by atoms with van der Waals surface area (Å²) in [4.78, 5) is 16.3. The number of Topliss-reactive ketones (excluding diaryl/α,β-unsaturated/α-hetero) is 1. The van der Waals surface area contributed by atoms with E-state index in [1.165, 1.54) is 16.5 Å². The van der Waals surface area contributed by atoms with Gasteiger partial charge < -0.3 is 5.73 Å². The number of ketones is 1. The second-order valence-electron chi connectivity index (χ2n) is 9.96. The fraction of sp³-hybridized carbons (Fsp3) is 0.250. The van der Waals surface area contributed by atoms with Crippen molar-refractivity contribution < 1.29 is 9.18 Å². The quantitative estimate of drug-likeness (QED) is 0.354. The summed E-state index contributed by atoms with van der Waals surface area (Å²) in [5, 5.41) is 10.4. The lowest BCUT2D eigenvalue weighted by atomic mass is 9.74. The van der Waals surface area contributed by atoms with E-state index in [9.17, 15) is 14.4 Å². The highest BCUT2D eigenvalue weighted by Crippen LogP contribution is 2.47. The molecule has 1 unspecified atom stereocenters. The van der Waals surface area contributed by atoms with Gasteiger partial charge in [0.2, 0.25) is 0 Å². The van der Waals surface area contributed by atoms with Crippen LogP contribution in [0.3, 0.4) is 0 Å². The number of aryl methyl sites for hydroxylation is 3. The van der Waals surface area contributed by atoms with Gasteiger partial charge in [-0.15, -0.1) is 11.8 Å². The molecule has 0 fully saturated rings. The van der Waals surface area contributed by atoms with Gasteiger partial charge >= 0.3 is 0 Å². The zero-order valence-corrected chi connectivity index (χ0v) is 22.7. The van der Waals surface area contributed by atoms with Crippen LogP contribution in [0, 0.1) is 37.9 Å². The SMILES string of the molecule is Cc1cc(C)c(C2C(C#N)=C(N)N(c3ccccc3F)C3=C2C(=O)CCC3)cc1CSc1ccccc1C. The number of allylic oxidation sites excluding steroid dienone is 3. The van der Waals surface area contributed by atoms with Crippen molar-refractivity contribution in [3.05, 3.63) is 117 Å². The fourth-order valence-electron chi connectivity index (χ4n) is 5.56. The summed E-state index contributed by atoms with van der Waals surface area (Å²) in [6, 6.07) is 21.2. The van der Waals surface area contributed by atoms with Gasteiger partial charge in [0.05, 0.1) is 23.2 Å². The fourth-order valence-corrected chi connectivity index (χ4v) is 6.65. The third-order valence-electron chi connectivity index (χ3n) is 7.52. The van der Waals surface area contributed by atoms with Gasteiger partial charge in [-0.25, -0.2) is 4.39 Å². The Bertz CT molecular complexity index is 1550. The number of rotatable bonds is 5. The number of nitrogens with two attached hydrogens (primary N) is 1. The number of anilines is 1. The van der Waals surface area contributed by atoms with Crippen molar-refractivity contribution in [2.24, 2.45) is 5.73 Å². The maximum atomic E-state index is 15.0. The number of carbonyl (C=O) groups is 1. The molecule has 0 saturated heterocycles. The lowest BCUT2D eigenvalue weighted by Crippen LogP contribution is -2.39. The molecule has 3 aromatic rings. The van der Waals surface area contributed by atoms with E-state index in [2.05, 4.69) is 44.2 Å². The molecule has 0 aromatic heterocycles. The van der Waals surface area contributed by atoms with Crippen molar-refractivity contribution in [3.63, 3.8) is 0 Å². The average molecular weight is 524 g/mol. The number of halogens is 1. The number of thioether (sulfide) groups is 1. The highest BCUT2D eigenvalue weighted by atomic mass is 32.2. The van der Waals surface area contributed by atoms with Crippen LogP contribution >= 0.6 is 11.8 Å². The van der Waals surface area contributed by atoms with E-state index in [1.54, 1.807) is 34.9 Å². The Balaban J connectivity index is 1.65. The molecule has 192 valence electrons. The Morgan fingerprint density at radius 3 is 2.50 bits per heavy atom. The van der Waals surface area contributed by atoms with Crippen LogP contribution in [0.1, 0.15) is 53.0 Å². The zero-order valence-electron chi connectivity index (χ0n) is 21.8. The molecular weight excluding hydrogens is 493 g/mol. The standard InChI is InChI=1S/C32H30FN3OS/c1-19-9-4-7-14-29(19)38-18-22-16-23(21(3)15-20(22)2)30-24(17-34)32(35)36(26-11-6-5-10-25(26)33)27-12-8-13-28(37)31(27)30/h4-7,9-11,14-16,30H,8,12-13,18,35H2,1-3H3. The summed E-state index contributed by atoms with van der Waals surface area (Å²) in [6.45, 7) is 6.22. The third-order valence-corrected chi connectivity index (χ3v) is 8.74. The maximum absolute atomic E-state index is 15.0. The Morgan fingerprint density at radius 1 is 1.03 bits per heavy atom. The molecule has 2 N–H and O–H groups in total. The minimum absolute atomic E-state index is 0.00588. The maximum Gasteiger partial charge on any atom is 0.161 e. The van der Waals surface area contributed by atoms with Gasteiger partial charge in [-0.05, 0) is 79.6 Å². The van der Waals surface area contributed by atoms with E-state index in [-0.39, 0.29) is 22.9 Å². The van der Waals surface area contributed by atoms with E-state index >= 15 is 0 Å². The zero-order chi connectivity index (χ0) is 27.0. The second kappa shape index (κ2) is 10.5. The van der Waals surface area contributed by atoms with Crippen LogP contribution in [0.2, 0.25) is 0 Å². The average Bonchev–Trinajstić information content (AvgIpc) is 2.89. The highest BCUT2D eigenvalue weighted by molar-refractivity contribution is 7.98. The van der Waals surface area contributed by atoms with Crippen molar-refractivity contribution in [1.29, 1.82) is 5.26 Å². The lowest BCUT2D eigenvalue weighted by Gasteiger charge is -2.40. The monoisotopic (exact) mass is 523 g/mol. The van der Waals surface area contributed by atoms with Gasteiger partial charge in [0, 0.05) is 28.3 Å². The number of hydrogen-bond donors (Lipinski definition) is 1. The molecule has 1 aliphatic heterocycles. The molecule has 0 amide bonds. The van der Waals surface area contributed by atoms with E-state index in [4.69, 9.17) is 5.73 Å². The van der Waals surface area contributed by atoms with Crippen LogP contribution in [-0.4, -0.2) is 5.78 Å². The number of para-hydroxylation sites is 1. The summed E-state index contributed by atoms with van der Waals surface area (Å²) in [5.41, 5.74) is 13.9. The van der Waals surface area contributed by atoms with E-state index in [0.29, 0.717) is 30.5 Å². The number of nitriles is 1. The lowest BCUT2D eigenvalue weighted by molar-refractivity contribution is -0.116. The van der Waals surface area contributed by atoms with Crippen molar-refractivity contribution in [2.45, 2.75) is 56.6 Å². The summed E-state index contributed by atoms with van der Waals surface area (Å²) < 4.78 is 15.0. The van der Waals surface area contributed by atoms with Gasteiger partial charge in [0.15, 0.2) is 5.78 Å². The predicted octanol–water partition coefficient (Wildman–Crippen LogP) is 7.35. The second-order valence-corrected chi connectivity index (χ2v) is 11.0. The van der Waals surface area contributed by atoms with Crippen molar-refractivity contribution in [2.75, 3.05) is 4.90 Å². The molecule has 0 radical (unpaired) electrons. The Morgan fingerprint density at radius 2 is 1.76 bits per heavy atom. The van der Waals surface area contributed by atoms with Gasteiger partial charge in [-0.2, -0.15) is 5.26 Å². The van der Waals surface area contributed by atoms with E-state index < -0.39 is 11.7 Å². The topological polar surface area (TPSA) is 70.1 Å². The molecule has 1 atom stereocenters. The molecule has 6 heteroatoms. The van der Waals surface area contributed by atoms with Gasteiger partial charge in [-0.1, -0.05) is 42.5 Å². The molecule has 1 heterocycles. The molecule has 3 aromatic carbocycles. The summed E-state index contributed by atoms with van der Waals surface area (Å²) in [6.07, 6.45) is 1.65. The number of hydrogen-bond acceptors (Lipinski definition) is 5. The molecule has 1 aliphatic carbocycles. The summed E-state index contributed by atoms with van der Waals surface area (Å²) in [7, 11) is 0. The van der Waals surface area contributed by atoms with E-state index in [0.717, 1.165) is 28.0 Å². The van der Waals surface area contributed by atoms with Crippen LogP contribution in [0.5, 0.6) is 0 Å². The minimum Gasteiger partial charge on any atom is -0.384 e. The first-order chi connectivity index (χ1) is 18.3. The smallest absolute Gasteiger partial charge is 0.161 e. The molecule has 0 spiro atoms. The molecular formula is C32H30FN3OS. The Labute approximate surface area is 227 Å². The number of benzene rings is 3. The van der Waals surface area contributed by atoms with Crippen LogP contribution < -0.4 is 10.6 Å². The summed E-state index contributed by atoms with van der Waals surface area (Å²) >= 11 is 1.77. The predicted molar refractivity (Wildman–Crippen MR) is 151 cm³/mol. The third kappa shape index (κ3) is 4.52. The van der Waals surface area contributed by atoms with Crippen molar-refractivity contribution in [1.82, 2.24) is 0 Å². The molecule has 0 saturated carbocycles. The first kappa shape index (κ1) is 25.8. The van der Waals surface area contributed by atoms with Crippen LogP contribution in [-0.2, 0) is 10.5 Å². The molecule has 4 nitrogen and oxygen atoms in total. The summed E-state index contributed by atoms with van der Waals surface area (Å²) in [5.74, 6) is -0.0776. The van der Waals surface area contributed by atoms with Crippen molar-refractivity contribution >= 4 is 23.2 Å². The Hall–Kier alpha value is -3.82. The largest absolute Gasteiger partial charge is 0.384 e. The number of carbonyl (C=O) groups excluding carboxylic acids is 1. The van der Waals surface area contributed by atoms with Crippen molar-refractivity contribution in [3.8, 4) is 6.07 Å². The highest BCUT2D eigenvalue weighted by Gasteiger charge is 2.41. The van der Waals surface area contributed by atoms with Gasteiger partial charge in [0.25, 0.3) is 0 Å². The van der Waals surface area contributed by atoms with E-state index in [1.807, 2.05) is 19.1 Å². The molecule has 38 heavy (non-hydrogen) atoms. The van der Waals surface area contributed by atoms with Gasteiger partial charge in [-0.3, -0.25) is 9.69 Å². The first-order valence-corrected chi connectivity index (χ1v) is 13.8. The van der Waals surface area contributed by atoms with Crippen LogP contribution in [0.15, 0.2) is 88.2 Å². The first-order valence-electron chi connectivity index (χ1n) is 12.8.